The van der Waals surface area contributed by atoms with E-state index in [9.17, 15) is 4.79 Å². The first-order valence-corrected chi connectivity index (χ1v) is 9.05. The molecule has 2 nitrogen and oxygen atoms in total. The summed E-state index contributed by atoms with van der Waals surface area (Å²) in [5.41, 5.74) is 2.52. The van der Waals surface area contributed by atoms with E-state index in [-0.39, 0.29) is 5.57 Å². The van der Waals surface area contributed by atoms with Crippen molar-refractivity contribution in [1.82, 2.24) is 0 Å². The molecule has 2 rings (SSSR count). The average Bonchev–Trinajstić information content (AvgIpc) is 2.81. The SMILES string of the molecule is C=C(C)C(=O)O.C=CC=C.C=CC=C.C=Cc1ccccc1.C=Cc1ccccc1. The van der Waals surface area contributed by atoms with Gasteiger partial charge in [-0.3, -0.25) is 0 Å². The zero-order chi connectivity index (χ0) is 23.6. The average molecular weight is 403 g/mol. The van der Waals surface area contributed by atoms with Gasteiger partial charge in [0.1, 0.15) is 0 Å². The number of hydrogen-bond acceptors (Lipinski definition) is 1. The van der Waals surface area contributed by atoms with Crippen LogP contribution in [-0.4, -0.2) is 11.1 Å². The first-order valence-electron chi connectivity index (χ1n) is 9.05. The quantitative estimate of drug-likeness (QED) is 0.406. The molecule has 0 bridgehead atoms. The van der Waals surface area contributed by atoms with Crippen molar-refractivity contribution < 1.29 is 9.90 Å². The second-order valence-corrected chi connectivity index (χ2v) is 5.26. The number of allylic oxidation sites excluding steroid dienone is 4. The molecule has 2 aromatic rings. The molecule has 0 saturated heterocycles. The molecule has 0 aliphatic heterocycles. The van der Waals surface area contributed by atoms with Gasteiger partial charge in [0, 0.05) is 5.57 Å². The molecule has 0 fully saturated rings. The van der Waals surface area contributed by atoms with Crippen molar-refractivity contribution >= 4 is 18.1 Å². The molecule has 0 aliphatic carbocycles. The van der Waals surface area contributed by atoms with Crippen LogP contribution in [0.2, 0.25) is 0 Å². The van der Waals surface area contributed by atoms with Crippen molar-refractivity contribution in [2.24, 2.45) is 0 Å². The largest absolute Gasteiger partial charge is 0.478 e. The van der Waals surface area contributed by atoms with Gasteiger partial charge in [0.25, 0.3) is 0 Å². The second-order valence-electron chi connectivity index (χ2n) is 5.26. The Labute approximate surface area is 182 Å². The molecule has 1 N–H and O–H groups in total. The number of aliphatic carboxylic acids is 1. The van der Waals surface area contributed by atoms with Crippen molar-refractivity contribution in [3.05, 3.63) is 148 Å². The monoisotopic (exact) mass is 402 g/mol. The number of benzene rings is 2. The molecule has 0 unspecified atom stereocenters. The van der Waals surface area contributed by atoms with Crippen LogP contribution in [0.4, 0.5) is 0 Å². The lowest BCUT2D eigenvalue weighted by atomic mass is 10.2. The van der Waals surface area contributed by atoms with Gasteiger partial charge >= 0.3 is 5.97 Å². The number of carboxylic acid groups (broad SMARTS) is 1. The maximum absolute atomic E-state index is 9.60. The highest BCUT2D eigenvalue weighted by Crippen LogP contribution is 1.98. The zero-order valence-electron chi connectivity index (χ0n) is 18.0. The molecule has 0 aromatic heterocycles. The highest BCUT2D eigenvalue weighted by atomic mass is 16.4. The van der Waals surface area contributed by atoms with E-state index in [4.69, 9.17) is 5.11 Å². The van der Waals surface area contributed by atoms with Gasteiger partial charge in [-0.1, -0.05) is 143 Å². The first kappa shape index (κ1) is 30.8. The number of rotatable bonds is 5. The minimum atomic E-state index is -0.935. The second kappa shape index (κ2) is 25.1. The lowest BCUT2D eigenvalue weighted by Crippen LogP contribution is -1.92. The van der Waals surface area contributed by atoms with E-state index in [1.54, 1.807) is 24.3 Å². The predicted molar refractivity (Wildman–Crippen MR) is 136 cm³/mol. The van der Waals surface area contributed by atoms with Crippen molar-refractivity contribution in [3.8, 4) is 0 Å². The lowest BCUT2D eigenvalue weighted by molar-refractivity contribution is -0.132. The van der Waals surface area contributed by atoms with Crippen LogP contribution in [0, 0.1) is 0 Å². The van der Waals surface area contributed by atoms with Gasteiger partial charge in [-0.15, -0.1) is 0 Å². The molecular formula is C28H34O2. The maximum atomic E-state index is 9.60. The molecule has 0 amide bonds. The number of hydrogen-bond donors (Lipinski definition) is 1. The first-order chi connectivity index (χ1) is 14.3. The van der Waals surface area contributed by atoms with E-state index in [0.717, 1.165) is 0 Å². The fourth-order valence-corrected chi connectivity index (χ4v) is 1.18. The van der Waals surface area contributed by atoms with Crippen LogP contribution in [0.5, 0.6) is 0 Å². The minimum Gasteiger partial charge on any atom is -0.478 e. The van der Waals surface area contributed by atoms with Crippen LogP contribution >= 0.6 is 0 Å². The molecule has 158 valence electrons. The summed E-state index contributed by atoms with van der Waals surface area (Å²) in [7, 11) is 0. The van der Waals surface area contributed by atoms with Crippen LogP contribution in [0.15, 0.2) is 137 Å². The van der Waals surface area contributed by atoms with Crippen LogP contribution < -0.4 is 0 Å². The Morgan fingerprint density at radius 3 is 1.00 bits per heavy atom. The van der Waals surface area contributed by atoms with E-state index in [2.05, 4.69) is 46.1 Å². The third kappa shape index (κ3) is 26.3. The molecular weight excluding hydrogens is 368 g/mol. The Bertz CT molecular complexity index is 674. The predicted octanol–water partition coefficient (Wildman–Crippen LogP) is 8.02. The van der Waals surface area contributed by atoms with Gasteiger partial charge in [-0.25, -0.2) is 4.79 Å². The summed E-state index contributed by atoms with van der Waals surface area (Å²) < 4.78 is 0. The zero-order valence-corrected chi connectivity index (χ0v) is 18.0. The van der Waals surface area contributed by atoms with Gasteiger partial charge in [0.15, 0.2) is 0 Å². The fourth-order valence-electron chi connectivity index (χ4n) is 1.18. The van der Waals surface area contributed by atoms with Crippen molar-refractivity contribution in [3.63, 3.8) is 0 Å². The normalized spacial score (nSPS) is 7.37. The van der Waals surface area contributed by atoms with E-state index in [1.165, 1.54) is 18.1 Å². The summed E-state index contributed by atoms with van der Waals surface area (Å²) in [6.07, 6.45) is 10.2. The standard InChI is InChI=1S/2C8H8.C4H6O2.2C4H6/c2*1-2-8-6-4-3-5-7-8;1-3(2)4(5)6;2*1-3-4-2/h2*2-7H,1H2;1H2,2H3,(H,5,6);2*3-4H,1-2H2. The van der Waals surface area contributed by atoms with E-state index in [0.29, 0.717) is 0 Å². The molecule has 30 heavy (non-hydrogen) atoms. The molecule has 0 heterocycles. The maximum Gasteiger partial charge on any atom is 0.330 e. The Balaban J connectivity index is -0.000000315. The Hall–Kier alpha value is -3.91. The number of carboxylic acids is 1. The minimum absolute atomic E-state index is 0.176. The fraction of sp³-hybridized carbons (Fsp3) is 0.0357. The van der Waals surface area contributed by atoms with Crippen LogP contribution in [-0.2, 0) is 4.79 Å². The third-order valence-electron chi connectivity index (χ3n) is 2.77. The van der Waals surface area contributed by atoms with Crippen molar-refractivity contribution in [1.29, 1.82) is 0 Å². The van der Waals surface area contributed by atoms with Crippen LogP contribution in [0.1, 0.15) is 18.1 Å². The van der Waals surface area contributed by atoms with E-state index in [1.807, 2.05) is 72.8 Å². The summed E-state index contributed by atoms with van der Waals surface area (Å²) >= 11 is 0. The van der Waals surface area contributed by atoms with Crippen molar-refractivity contribution in [2.75, 3.05) is 0 Å². The summed E-state index contributed by atoms with van der Waals surface area (Å²) in [5, 5.41) is 7.89. The highest BCUT2D eigenvalue weighted by molar-refractivity contribution is 5.84. The smallest absolute Gasteiger partial charge is 0.330 e. The summed E-state index contributed by atoms with van der Waals surface area (Å²) in [6.45, 7) is 25.3. The highest BCUT2D eigenvalue weighted by Gasteiger charge is 1.90. The van der Waals surface area contributed by atoms with Gasteiger partial charge < -0.3 is 5.11 Å². The van der Waals surface area contributed by atoms with Gasteiger partial charge in [0.05, 0.1) is 0 Å². The Kier molecular flexibility index (Phi) is 25.8. The molecule has 0 aliphatic rings. The summed E-state index contributed by atoms with van der Waals surface area (Å²) in [6, 6.07) is 20.1. The molecule has 0 radical (unpaired) electrons. The lowest BCUT2D eigenvalue weighted by Gasteiger charge is -1.85. The molecule has 0 spiro atoms. The molecule has 2 heteroatoms. The van der Waals surface area contributed by atoms with Gasteiger partial charge in [-0.05, 0) is 18.1 Å². The molecule has 0 saturated carbocycles. The Morgan fingerprint density at radius 2 is 0.900 bits per heavy atom. The summed E-state index contributed by atoms with van der Waals surface area (Å²) in [5.74, 6) is -0.935. The van der Waals surface area contributed by atoms with Gasteiger partial charge in [-0.2, -0.15) is 0 Å². The van der Waals surface area contributed by atoms with Crippen molar-refractivity contribution in [2.45, 2.75) is 6.92 Å². The topological polar surface area (TPSA) is 37.3 Å². The molecule has 2 aromatic carbocycles. The summed E-state index contributed by atoms with van der Waals surface area (Å²) in [4.78, 5) is 9.60. The third-order valence-corrected chi connectivity index (χ3v) is 2.77. The molecule has 0 atom stereocenters. The Morgan fingerprint density at radius 1 is 0.667 bits per heavy atom. The van der Waals surface area contributed by atoms with Gasteiger partial charge in [0.2, 0.25) is 0 Å². The van der Waals surface area contributed by atoms with Crippen LogP contribution in [0.25, 0.3) is 12.2 Å². The van der Waals surface area contributed by atoms with E-state index < -0.39 is 5.97 Å². The number of carbonyl (C=O) groups is 1. The van der Waals surface area contributed by atoms with E-state index >= 15 is 0 Å². The van der Waals surface area contributed by atoms with Crippen LogP contribution in [0.3, 0.4) is 0 Å².